The molecule has 1 fully saturated rings. The highest BCUT2D eigenvalue weighted by atomic mass is 16.5. The lowest BCUT2D eigenvalue weighted by Crippen LogP contribution is -2.46. The van der Waals surface area contributed by atoms with Crippen LogP contribution >= 0.6 is 0 Å². The van der Waals surface area contributed by atoms with Gasteiger partial charge in [-0.25, -0.2) is 0 Å². The van der Waals surface area contributed by atoms with E-state index < -0.39 is 0 Å². The Labute approximate surface area is 231 Å². The largest absolute Gasteiger partial charge is 0.491 e. The second kappa shape index (κ2) is 13.6. The van der Waals surface area contributed by atoms with Gasteiger partial charge in [0.2, 0.25) is 5.91 Å². The lowest BCUT2D eigenvalue weighted by molar-refractivity contribution is -0.133. The summed E-state index contributed by atoms with van der Waals surface area (Å²) in [6.45, 7) is 4.14. The van der Waals surface area contributed by atoms with Gasteiger partial charge in [-0.3, -0.25) is 9.69 Å². The van der Waals surface area contributed by atoms with Crippen LogP contribution in [0.2, 0.25) is 0 Å². The van der Waals surface area contributed by atoms with Crippen molar-refractivity contribution in [2.24, 2.45) is 0 Å². The maximum atomic E-state index is 13.4. The Morgan fingerprint density at radius 1 is 0.615 bits per heavy atom. The first-order valence-electron chi connectivity index (χ1n) is 13.7. The van der Waals surface area contributed by atoms with Crippen LogP contribution < -0.4 is 9.47 Å². The van der Waals surface area contributed by atoms with E-state index in [1.165, 1.54) is 5.56 Å². The van der Waals surface area contributed by atoms with Gasteiger partial charge in [0, 0.05) is 32.6 Å². The van der Waals surface area contributed by atoms with Crippen molar-refractivity contribution < 1.29 is 14.3 Å². The van der Waals surface area contributed by atoms with Gasteiger partial charge in [0.15, 0.2) is 0 Å². The zero-order valence-corrected chi connectivity index (χ0v) is 22.3. The van der Waals surface area contributed by atoms with E-state index in [4.69, 9.17) is 9.47 Å². The Morgan fingerprint density at radius 3 is 1.92 bits per heavy atom. The van der Waals surface area contributed by atoms with Crippen LogP contribution in [0.3, 0.4) is 0 Å². The minimum Gasteiger partial charge on any atom is -0.491 e. The van der Waals surface area contributed by atoms with Gasteiger partial charge in [-0.05, 0) is 47.4 Å². The normalized spacial score (nSPS) is 15.0. The van der Waals surface area contributed by atoms with Crippen molar-refractivity contribution in [1.29, 1.82) is 0 Å². The number of nitrogens with zero attached hydrogens (tertiary/aromatic N) is 2. The molecule has 1 saturated heterocycles. The van der Waals surface area contributed by atoms with E-state index in [1.807, 2.05) is 71.6 Å². The minimum atomic E-state index is -0.0644. The number of carbonyl (C=O) groups is 1. The molecule has 1 heterocycles. The molecule has 1 aliphatic rings. The Balaban J connectivity index is 1.25. The molecule has 0 bridgehead atoms. The molecule has 5 heteroatoms. The highest BCUT2D eigenvalue weighted by Crippen LogP contribution is 2.20. The summed E-state index contributed by atoms with van der Waals surface area (Å²) in [5, 5.41) is 0. The van der Waals surface area contributed by atoms with E-state index in [2.05, 4.69) is 53.4 Å². The number of para-hydroxylation sites is 1. The summed E-state index contributed by atoms with van der Waals surface area (Å²) in [5.41, 5.74) is 3.57. The van der Waals surface area contributed by atoms with E-state index in [9.17, 15) is 4.79 Å². The maximum Gasteiger partial charge on any atom is 0.224 e. The van der Waals surface area contributed by atoms with E-state index in [0.29, 0.717) is 26.2 Å². The predicted molar refractivity (Wildman–Crippen MR) is 155 cm³/mol. The molecule has 5 nitrogen and oxygen atoms in total. The van der Waals surface area contributed by atoms with Crippen molar-refractivity contribution in [3.05, 3.63) is 132 Å². The summed E-state index contributed by atoms with van der Waals surface area (Å²) < 4.78 is 12.2. The highest BCUT2D eigenvalue weighted by Gasteiger charge is 2.28. The molecular weight excluding hydrogens is 484 g/mol. The van der Waals surface area contributed by atoms with E-state index in [0.717, 1.165) is 48.7 Å². The third-order valence-corrected chi connectivity index (χ3v) is 7.14. The van der Waals surface area contributed by atoms with Gasteiger partial charge in [0.05, 0.1) is 6.04 Å². The van der Waals surface area contributed by atoms with Crippen molar-refractivity contribution in [1.82, 2.24) is 9.80 Å². The Hall–Kier alpha value is -4.09. The topological polar surface area (TPSA) is 42.0 Å². The van der Waals surface area contributed by atoms with Crippen LogP contribution in [0.15, 0.2) is 115 Å². The number of rotatable bonds is 11. The molecule has 0 spiro atoms. The zero-order valence-electron chi connectivity index (χ0n) is 22.3. The molecule has 4 aromatic rings. The Kier molecular flexibility index (Phi) is 9.27. The van der Waals surface area contributed by atoms with Crippen molar-refractivity contribution in [2.75, 3.05) is 26.2 Å². The minimum absolute atomic E-state index is 0.0644. The first-order chi connectivity index (χ1) is 19.2. The molecule has 0 aromatic heterocycles. The van der Waals surface area contributed by atoms with Crippen molar-refractivity contribution in [3.63, 3.8) is 0 Å². The number of benzene rings is 4. The van der Waals surface area contributed by atoms with E-state index in [1.54, 1.807) is 0 Å². The summed E-state index contributed by atoms with van der Waals surface area (Å²) in [6.07, 6.45) is 1.23. The van der Waals surface area contributed by atoms with Gasteiger partial charge in [0.25, 0.3) is 0 Å². The molecule has 0 N–H and O–H groups in total. The quantitative estimate of drug-likeness (QED) is 0.244. The molecule has 1 atom stereocenters. The monoisotopic (exact) mass is 520 g/mol. The number of amides is 1. The average molecular weight is 521 g/mol. The van der Waals surface area contributed by atoms with Crippen molar-refractivity contribution >= 4 is 5.91 Å². The lowest BCUT2D eigenvalue weighted by atomic mass is 10.0. The molecule has 39 heavy (non-hydrogen) atoms. The molecule has 0 saturated carbocycles. The molecule has 1 amide bonds. The van der Waals surface area contributed by atoms with Gasteiger partial charge in [-0.1, -0.05) is 91.0 Å². The second-order valence-electron chi connectivity index (χ2n) is 10.00. The van der Waals surface area contributed by atoms with Gasteiger partial charge in [0.1, 0.15) is 24.7 Å². The number of carbonyl (C=O) groups excluding carboxylic acids is 1. The van der Waals surface area contributed by atoms with Crippen LogP contribution in [0.25, 0.3) is 0 Å². The van der Waals surface area contributed by atoms with Gasteiger partial charge < -0.3 is 14.4 Å². The van der Waals surface area contributed by atoms with Crippen molar-refractivity contribution in [2.45, 2.75) is 32.0 Å². The van der Waals surface area contributed by atoms with Crippen LogP contribution in [-0.4, -0.2) is 48.0 Å². The van der Waals surface area contributed by atoms with Gasteiger partial charge in [-0.15, -0.1) is 0 Å². The molecule has 1 aliphatic heterocycles. The SMILES string of the molecule is O=C1CCN(Cc2ccccc2)CCN1[C@H](COc1ccccc1)Cc1ccc(OCc2ccccc2)cc1. The zero-order chi connectivity index (χ0) is 26.7. The van der Waals surface area contributed by atoms with E-state index >= 15 is 0 Å². The molecular formula is C34H36N2O3. The van der Waals surface area contributed by atoms with Gasteiger partial charge >= 0.3 is 0 Å². The summed E-state index contributed by atoms with van der Waals surface area (Å²) in [6, 6.07) is 38.6. The third kappa shape index (κ3) is 7.95. The smallest absolute Gasteiger partial charge is 0.224 e. The maximum absolute atomic E-state index is 13.4. The van der Waals surface area contributed by atoms with Gasteiger partial charge in [-0.2, -0.15) is 0 Å². The molecule has 200 valence electrons. The predicted octanol–water partition coefficient (Wildman–Crippen LogP) is 5.99. The average Bonchev–Trinajstić information content (AvgIpc) is 3.17. The third-order valence-electron chi connectivity index (χ3n) is 7.14. The molecule has 0 radical (unpaired) electrons. The van der Waals surface area contributed by atoms with Crippen LogP contribution in [-0.2, 0) is 24.4 Å². The van der Waals surface area contributed by atoms with E-state index in [-0.39, 0.29) is 11.9 Å². The Morgan fingerprint density at radius 2 is 1.23 bits per heavy atom. The highest BCUT2D eigenvalue weighted by molar-refractivity contribution is 5.77. The fraction of sp³-hybridized carbons (Fsp3) is 0.265. The first kappa shape index (κ1) is 26.5. The Bertz CT molecular complexity index is 1280. The fourth-order valence-corrected chi connectivity index (χ4v) is 4.97. The molecule has 0 aliphatic carbocycles. The summed E-state index contributed by atoms with van der Waals surface area (Å²) in [4.78, 5) is 17.8. The standard InChI is InChI=1S/C34H36N2O3/c37-34-20-21-35(25-29-10-4-1-5-11-29)22-23-36(34)31(27-39-32-14-8-3-9-15-32)24-28-16-18-33(19-17-28)38-26-30-12-6-2-7-13-30/h1-19,31H,20-27H2/t31-/m0/s1. The molecule has 4 aromatic carbocycles. The number of hydrogen-bond donors (Lipinski definition) is 0. The fourth-order valence-electron chi connectivity index (χ4n) is 4.97. The number of hydrogen-bond acceptors (Lipinski definition) is 4. The summed E-state index contributed by atoms with van der Waals surface area (Å²) >= 11 is 0. The van der Waals surface area contributed by atoms with Crippen LogP contribution in [0, 0.1) is 0 Å². The summed E-state index contributed by atoms with van der Waals surface area (Å²) in [7, 11) is 0. The lowest BCUT2D eigenvalue weighted by Gasteiger charge is -2.31. The van der Waals surface area contributed by atoms with Crippen molar-refractivity contribution in [3.8, 4) is 11.5 Å². The number of ether oxygens (including phenoxy) is 2. The first-order valence-corrected chi connectivity index (χ1v) is 13.7. The van der Waals surface area contributed by atoms with Crippen LogP contribution in [0.5, 0.6) is 11.5 Å². The molecule has 5 rings (SSSR count). The summed E-state index contributed by atoms with van der Waals surface area (Å²) in [5.74, 6) is 1.84. The second-order valence-corrected chi connectivity index (χ2v) is 10.00. The van der Waals surface area contributed by atoms with Crippen LogP contribution in [0.4, 0.5) is 0 Å². The molecule has 0 unspecified atom stereocenters. The van der Waals surface area contributed by atoms with Crippen LogP contribution in [0.1, 0.15) is 23.1 Å².